The summed E-state index contributed by atoms with van der Waals surface area (Å²) >= 11 is 0. The molecule has 0 aliphatic carbocycles. The zero-order valence-corrected chi connectivity index (χ0v) is 19.3. The summed E-state index contributed by atoms with van der Waals surface area (Å²) in [6.45, 7) is 23.8. The summed E-state index contributed by atoms with van der Waals surface area (Å²) in [5.41, 5.74) is 10.1. The molecule has 6 N–H and O–H groups in total. The third kappa shape index (κ3) is 51.7. The van der Waals surface area contributed by atoms with E-state index in [1.165, 1.54) is 39.3 Å². The Labute approximate surface area is 167 Å². The molecule has 0 atom stereocenters. The van der Waals surface area contributed by atoms with Gasteiger partial charge in [-0.2, -0.15) is 0 Å². The monoisotopic (exact) mass is 415 g/mol. The van der Waals surface area contributed by atoms with E-state index in [-0.39, 0.29) is 5.96 Å². The zero-order chi connectivity index (χ0) is 22.3. The van der Waals surface area contributed by atoms with Crippen molar-refractivity contribution < 1.29 is 27.3 Å². The van der Waals surface area contributed by atoms with Crippen LogP contribution in [0.15, 0.2) is 4.99 Å². The summed E-state index contributed by atoms with van der Waals surface area (Å²) < 4.78 is 34.1. The molecule has 0 bridgehead atoms. The number of hydrogen-bond donors (Lipinski definition) is 4. The maximum atomic E-state index is 8.52. The molecule has 0 heterocycles. The molecule has 0 spiro atoms. The Morgan fingerprint density at radius 2 is 1.04 bits per heavy atom. The lowest BCUT2D eigenvalue weighted by Gasteiger charge is -2.10. The van der Waals surface area contributed by atoms with Crippen molar-refractivity contribution in [3.8, 4) is 0 Å². The van der Waals surface area contributed by atoms with Gasteiger partial charge < -0.3 is 30.4 Å². The van der Waals surface area contributed by atoms with Gasteiger partial charge in [-0.15, -0.1) is 0 Å². The van der Waals surface area contributed by atoms with Gasteiger partial charge in [-0.3, -0.25) is 13.4 Å². The van der Waals surface area contributed by atoms with E-state index in [1.807, 2.05) is 0 Å². The van der Waals surface area contributed by atoms with Crippen molar-refractivity contribution in [1.82, 2.24) is 0 Å². The Morgan fingerprint density at radius 1 is 0.778 bits per heavy atom. The van der Waals surface area contributed by atoms with E-state index in [4.69, 9.17) is 29.0 Å². The van der Waals surface area contributed by atoms with Gasteiger partial charge in [0.2, 0.25) is 0 Å². The van der Waals surface area contributed by atoms with Gasteiger partial charge in [0, 0.05) is 16.9 Å². The molecule has 0 aliphatic heterocycles. The number of guanidine groups is 1. The van der Waals surface area contributed by atoms with Crippen LogP contribution in [0.4, 0.5) is 0 Å². The van der Waals surface area contributed by atoms with E-state index in [2.05, 4.69) is 53.5 Å². The third-order valence-corrected chi connectivity index (χ3v) is 3.81. The fourth-order valence-electron chi connectivity index (χ4n) is 1.87. The van der Waals surface area contributed by atoms with Gasteiger partial charge in [-0.05, 0) is 48.0 Å². The largest absolute Gasteiger partial charge is 0.759 e. The van der Waals surface area contributed by atoms with Crippen LogP contribution in [0.1, 0.15) is 61.3 Å². The number of unbranched alkanes of at least 4 members (excludes halogenated alkanes) is 1. The third-order valence-electron chi connectivity index (χ3n) is 3.81. The van der Waals surface area contributed by atoms with Gasteiger partial charge in [0.05, 0.1) is 39.3 Å². The second-order valence-electron chi connectivity index (χ2n) is 5.69. The fraction of sp³-hybridized carbons (Fsp3) is 0.941. The van der Waals surface area contributed by atoms with E-state index in [0.29, 0.717) is 0 Å². The SMILES string of the molecule is CCCCN=C(N)N.CC[NH+](CC)CC.CC[NH+](CC)CC.O=S(=O)([O-])[O-]. The summed E-state index contributed by atoms with van der Waals surface area (Å²) in [5, 5.41) is 0. The van der Waals surface area contributed by atoms with E-state index in [9.17, 15) is 0 Å². The Bertz CT molecular complexity index is 363. The number of nitrogens with two attached hydrogens (primary N) is 2. The van der Waals surface area contributed by atoms with Crippen LogP contribution in [-0.2, 0) is 10.4 Å². The highest BCUT2D eigenvalue weighted by atomic mass is 32.3. The average molecular weight is 416 g/mol. The van der Waals surface area contributed by atoms with E-state index in [0.717, 1.165) is 19.4 Å². The molecule has 0 saturated carbocycles. The standard InChI is InChI=1S/2C6H15N.C5H13N3.H2O4S/c2*1-4-7(5-2)6-3;1-2-3-4-8-5(6)7;1-5(2,3)4/h2*4-6H2,1-3H3;2-4H2,1H3,(H4,6,7,8);(H2,1,2,3,4). The molecular weight excluding hydrogens is 370 g/mol. The molecule has 0 unspecified atom stereocenters. The minimum absolute atomic E-state index is 0.193. The first-order chi connectivity index (χ1) is 12.5. The Kier molecular flexibility index (Phi) is 31.2. The number of nitrogens with zero attached hydrogens (tertiary/aromatic N) is 1. The molecule has 0 amide bonds. The maximum absolute atomic E-state index is 8.52. The summed E-state index contributed by atoms with van der Waals surface area (Å²) in [4.78, 5) is 7.15. The number of aliphatic imine (C=N–C) groups is 1. The minimum Gasteiger partial charge on any atom is -0.759 e. The van der Waals surface area contributed by atoms with Gasteiger partial charge in [-0.1, -0.05) is 13.3 Å². The molecule has 0 rings (SSSR count). The molecule has 27 heavy (non-hydrogen) atoms. The van der Waals surface area contributed by atoms with Crippen molar-refractivity contribution in [2.75, 3.05) is 45.8 Å². The van der Waals surface area contributed by atoms with Gasteiger partial charge >= 0.3 is 0 Å². The van der Waals surface area contributed by atoms with Crippen LogP contribution in [0.3, 0.4) is 0 Å². The van der Waals surface area contributed by atoms with Crippen molar-refractivity contribution in [3.05, 3.63) is 0 Å². The van der Waals surface area contributed by atoms with Crippen molar-refractivity contribution in [2.24, 2.45) is 16.5 Å². The Balaban J connectivity index is -0.000000132. The predicted octanol–water partition coefficient (Wildman–Crippen LogP) is -1.42. The first-order valence-electron chi connectivity index (χ1n) is 9.85. The smallest absolute Gasteiger partial charge is 0.185 e. The first kappa shape index (κ1) is 33.6. The topological polar surface area (TPSA) is 154 Å². The first-order valence-corrected chi connectivity index (χ1v) is 11.2. The molecule has 0 saturated heterocycles. The van der Waals surface area contributed by atoms with Gasteiger partial charge in [-0.25, -0.2) is 0 Å². The number of quaternary nitrogens is 2. The summed E-state index contributed by atoms with van der Waals surface area (Å²) in [5.74, 6) is 0.193. The molecule has 0 aromatic heterocycles. The lowest BCUT2D eigenvalue weighted by atomic mass is 10.3. The summed E-state index contributed by atoms with van der Waals surface area (Å²) in [6, 6.07) is 0. The highest BCUT2D eigenvalue weighted by Gasteiger charge is 1.93. The molecule has 0 fully saturated rings. The van der Waals surface area contributed by atoms with Crippen LogP contribution in [0.2, 0.25) is 0 Å². The van der Waals surface area contributed by atoms with E-state index < -0.39 is 10.4 Å². The predicted molar refractivity (Wildman–Crippen MR) is 111 cm³/mol. The fourth-order valence-corrected chi connectivity index (χ4v) is 1.87. The van der Waals surface area contributed by atoms with Crippen LogP contribution in [0.5, 0.6) is 0 Å². The van der Waals surface area contributed by atoms with Crippen molar-refractivity contribution in [1.29, 1.82) is 0 Å². The van der Waals surface area contributed by atoms with Gasteiger partial charge in [0.1, 0.15) is 0 Å². The van der Waals surface area contributed by atoms with Crippen molar-refractivity contribution >= 4 is 16.4 Å². The zero-order valence-electron chi connectivity index (χ0n) is 18.5. The molecule has 10 heteroatoms. The molecule has 0 radical (unpaired) electrons. The molecule has 9 nitrogen and oxygen atoms in total. The normalized spacial score (nSPS) is 10.0. The average Bonchev–Trinajstić information content (AvgIpc) is 2.58. The Morgan fingerprint density at radius 3 is 1.15 bits per heavy atom. The van der Waals surface area contributed by atoms with Crippen LogP contribution in [0.25, 0.3) is 0 Å². The number of hydrogen-bond acceptors (Lipinski definition) is 5. The number of nitrogens with one attached hydrogen (secondary N) is 2. The van der Waals surface area contributed by atoms with Crippen LogP contribution >= 0.6 is 0 Å². The Hall–Kier alpha value is -0.940. The lowest BCUT2D eigenvalue weighted by molar-refractivity contribution is -0.894. The van der Waals surface area contributed by atoms with E-state index >= 15 is 0 Å². The summed E-state index contributed by atoms with van der Waals surface area (Å²) in [6.07, 6.45) is 2.20. The second-order valence-corrected chi connectivity index (χ2v) is 6.51. The van der Waals surface area contributed by atoms with Crippen molar-refractivity contribution in [3.63, 3.8) is 0 Å². The van der Waals surface area contributed by atoms with Gasteiger partial charge in [0.15, 0.2) is 5.96 Å². The van der Waals surface area contributed by atoms with Gasteiger partial charge in [0.25, 0.3) is 0 Å². The second kappa shape index (κ2) is 25.1. The quantitative estimate of drug-likeness (QED) is 0.119. The molecule has 0 aromatic carbocycles. The highest BCUT2D eigenvalue weighted by Crippen LogP contribution is 1.84. The molecule has 168 valence electrons. The molecule has 0 aromatic rings. The van der Waals surface area contributed by atoms with Crippen LogP contribution < -0.4 is 21.3 Å². The molecular formula is C17H45N5O4S. The van der Waals surface area contributed by atoms with E-state index in [1.54, 1.807) is 9.80 Å². The lowest BCUT2D eigenvalue weighted by Crippen LogP contribution is -3.11. The maximum Gasteiger partial charge on any atom is 0.185 e. The van der Waals surface area contributed by atoms with Crippen LogP contribution in [0, 0.1) is 0 Å². The van der Waals surface area contributed by atoms with Crippen LogP contribution in [-0.4, -0.2) is 69.3 Å². The number of rotatable bonds is 9. The summed E-state index contributed by atoms with van der Waals surface area (Å²) in [7, 11) is -5.17. The minimum atomic E-state index is -5.17. The molecule has 0 aliphatic rings. The highest BCUT2D eigenvalue weighted by molar-refractivity contribution is 7.79. The van der Waals surface area contributed by atoms with Crippen molar-refractivity contribution in [2.45, 2.75) is 61.3 Å².